The first-order valence-corrected chi connectivity index (χ1v) is 8.84. The summed E-state index contributed by atoms with van der Waals surface area (Å²) in [4.78, 5) is 24.5. The summed E-state index contributed by atoms with van der Waals surface area (Å²) in [7, 11) is 0. The third kappa shape index (κ3) is 4.73. The highest BCUT2D eigenvalue weighted by atomic mass is 16.3. The van der Waals surface area contributed by atoms with E-state index < -0.39 is 5.91 Å². The van der Waals surface area contributed by atoms with Crippen molar-refractivity contribution in [1.29, 1.82) is 0 Å². The molecule has 142 valence electrons. The zero-order valence-electron chi connectivity index (χ0n) is 15.7. The first kappa shape index (κ1) is 19.1. The van der Waals surface area contributed by atoms with E-state index >= 15 is 0 Å². The normalized spacial score (nSPS) is 11.3. The monoisotopic (exact) mass is 375 g/mol. The number of phenols is 1. The van der Waals surface area contributed by atoms with Crippen molar-refractivity contribution in [2.45, 2.75) is 20.3 Å². The van der Waals surface area contributed by atoms with Crippen LogP contribution in [0.1, 0.15) is 29.3 Å². The van der Waals surface area contributed by atoms with Gasteiger partial charge in [-0.05, 0) is 54.4 Å². The highest BCUT2D eigenvalue weighted by molar-refractivity contribution is 6.06. The van der Waals surface area contributed by atoms with E-state index in [0.29, 0.717) is 11.4 Å². The molecular weight excluding hydrogens is 354 g/mol. The van der Waals surface area contributed by atoms with Crippen LogP contribution >= 0.6 is 0 Å². The van der Waals surface area contributed by atoms with Crippen molar-refractivity contribution in [1.82, 2.24) is 5.43 Å². The number of amides is 2. The Morgan fingerprint density at radius 2 is 1.71 bits per heavy atom. The molecule has 0 spiro atoms. The third-order valence-corrected chi connectivity index (χ3v) is 4.18. The molecule has 3 aromatic carbocycles. The van der Waals surface area contributed by atoms with Gasteiger partial charge in [-0.2, -0.15) is 5.10 Å². The first-order chi connectivity index (χ1) is 13.4. The molecule has 6 nitrogen and oxygen atoms in total. The topological polar surface area (TPSA) is 90.8 Å². The maximum absolute atomic E-state index is 12.3. The maximum Gasteiger partial charge on any atom is 0.275 e. The molecule has 3 aromatic rings. The van der Waals surface area contributed by atoms with Crippen LogP contribution in [0.3, 0.4) is 0 Å². The van der Waals surface area contributed by atoms with E-state index in [-0.39, 0.29) is 23.6 Å². The number of nitrogens with one attached hydrogen (secondary N) is 2. The van der Waals surface area contributed by atoms with Gasteiger partial charge in [0, 0.05) is 11.4 Å². The number of hydrogen-bond donors (Lipinski definition) is 3. The van der Waals surface area contributed by atoms with E-state index in [4.69, 9.17) is 0 Å². The average Bonchev–Trinajstić information content (AvgIpc) is 2.65. The van der Waals surface area contributed by atoms with Gasteiger partial charge in [0.05, 0.1) is 12.0 Å². The van der Waals surface area contributed by atoms with Gasteiger partial charge in [0.2, 0.25) is 5.91 Å². The number of phenolic OH excluding ortho intramolecular Hbond substituents is 1. The lowest BCUT2D eigenvalue weighted by atomic mass is 10.1. The standard InChI is InChI=1S/C22H21N3O3/c1-14-6-5-9-18(10-14)23-21(27)11-15(2)24-25-22(28)19-12-16-7-3-4-8-17(16)13-20(19)26/h3-10,12-13,26H,11H2,1-2H3,(H,23,27)(H,25,28)/b24-15-. The van der Waals surface area contributed by atoms with Gasteiger partial charge in [0.1, 0.15) is 5.75 Å². The SMILES string of the molecule is C/C(CC(=O)Nc1cccc(C)c1)=N/NC(=O)c1cc2ccccc2cc1O. The second-order valence-electron chi connectivity index (χ2n) is 6.60. The van der Waals surface area contributed by atoms with Gasteiger partial charge in [-0.3, -0.25) is 9.59 Å². The number of aromatic hydroxyl groups is 1. The molecule has 0 bridgehead atoms. The molecule has 0 atom stereocenters. The summed E-state index contributed by atoms with van der Waals surface area (Å²) in [6.07, 6.45) is 0.0396. The van der Waals surface area contributed by atoms with E-state index in [2.05, 4.69) is 15.8 Å². The smallest absolute Gasteiger partial charge is 0.275 e. The van der Waals surface area contributed by atoms with E-state index in [0.717, 1.165) is 16.3 Å². The number of benzene rings is 3. The predicted molar refractivity (Wildman–Crippen MR) is 111 cm³/mol. The number of fused-ring (bicyclic) bond motifs is 1. The summed E-state index contributed by atoms with van der Waals surface area (Å²) in [6, 6.07) is 18.1. The Bertz CT molecular complexity index is 1070. The molecule has 6 heteroatoms. The van der Waals surface area contributed by atoms with Gasteiger partial charge in [-0.25, -0.2) is 5.43 Å². The lowest BCUT2D eigenvalue weighted by molar-refractivity contribution is -0.115. The Labute approximate surface area is 162 Å². The molecule has 0 fully saturated rings. The second kappa shape index (κ2) is 8.35. The lowest BCUT2D eigenvalue weighted by Crippen LogP contribution is -2.21. The van der Waals surface area contributed by atoms with Crippen molar-refractivity contribution in [3.05, 3.63) is 71.8 Å². The average molecular weight is 375 g/mol. The van der Waals surface area contributed by atoms with Crippen LogP contribution in [0.25, 0.3) is 10.8 Å². The zero-order valence-corrected chi connectivity index (χ0v) is 15.7. The summed E-state index contributed by atoms with van der Waals surface area (Å²) in [5, 5.41) is 18.5. The van der Waals surface area contributed by atoms with Crippen molar-refractivity contribution in [2.24, 2.45) is 5.10 Å². The molecule has 0 saturated carbocycles. The molecule has 0 heterocycles. The van der Waals surface area contributed by atoms with Crippen LogP contribution in [-0.2, 0) is 4.79 Å². The number of anilines is 1. The molecule has 0 aliphatic heterocycles. The molecule has 28 heavy (non-hydrogen) atoms. The largest absolute Gasteiger partial charge is 0.507 e. The fourth-order valence-electron chi connectivity index (χ4n) is 2.82. The summed E-state index contributed by atoms with van der Waals surface area (Å²) in [5.74, 6) is -0.891. The molecule has 0 aliphatic carbocycles. The number of carbonyl (C=O) groups is 2. The van der Waals surface area contributed by atoms with Crippen LogP contribution in [0.15, 0.2) is 65.8 Å². The van der Waals surface area contributed by atoms with Crippen LogP contribution in [0.4, 0.5) is 5.69 Å². The number of nitrogens with zero attached hydrogens (tertiary/aromatic N) is 1. The van der Waals surface area contributed by atoms with Gasteiger partial charge in [0.25, 0.3) is 5.91 Å². The van der Waals surface area contributed by atoms with Gasteiger partial charge in [-0.15, -0.1) is 0 Å². The van der Waals surface area contributed by atoms with E-state index in [1.807, 2.05) is 55.5 Å². The Hall–Kier alpha value is -3.67. The molecule has 0 saturated heterocycles. The van der Waals surface area contributed by atoms with Crippen molar-refractivity contribution >= 4 is 34.0 Å². The number of aryl methyl sites for hydroxylation is 1. The maximum atomic E-state index is 12.3. The summed E-state index contributed by atoms with van der Waals surface area (Å²) >= 11 is 0. The Morgan fingerprint density at radius 3 is 2.43 bits per heavy atom. The fraction of sp³-hybridized carbons (Fsp3) is 0.136. The molecule has 0 aromatic heterocycles. The Kier molecular flexibility index (Phi) is 5.69. The highest BCUT2D eigenvalue weighted by Gasteiger charge is 2.12. The number of carbonyl (C=O) groups excluding carboxylic acids is 2. The van der Waals surface area contributed by atoms with Gasteiger partial charge < -0.3 is 10.4 Å². The fourth-order valence-corrected chi connectivity index (χ4v) is 2.82. The second-order valence-corrected chi connectivity index (χ2v) is 6.60. The predicted octanol–water partition coefficient (Wildman–Crippen LogP) is 3.99. The quantitative estimate of drug-likeness (QED) is 0.465. The Morgan fingerprint density at radius 1 is 1.00 bits per heavy atom. The number of rotatable bonds is 5. The summed E-state index contributed by atoms with van der Waals surface area (Å²) in [6.45, 7) is 3.59. The number of hydrazone groups is 1. The first-order valence-electron chi connectivity index (χ1n) is 8.84. The molecular formula is C22H21N3O3. The summed E-state index contributed by atoms with van der Waals surface area (Å²) < 4.78 is 0. The minimum atomic E-state index is -0.540. The van der Waals surface area contributed by atoms with E-state index in [1.54, 1.807) is 13.0 Å². The van der Waals surface area contributed by atoms with Gasteiger partial charge >= 0.3 is 0 Å². The summed E-state index contributed by atoms with van der Waals surface area (Å²) in [5.41, 5.74) is 4.72. The van der Waals surface area contributed by atoms with Crippen LogP contribution < -0.4 is 10.7 Å². The molecule has 2 amide bonds. The van der Waals surface area contributed by atoms with Crippen molar-refractivity contribution in [2.75, 3.05) is 5.32 Å². The van der Waals surface area contributed by atoms with E-state index in [1.165, 1.54) is 6.07 Å². The van der Waals surface area contributed by atoms with Crippen LogP contribution in [0.2, 0.25) is 0 Å². The van der Waals surface area contributed by atoms with Gasteiger partial charge in [0.15, 0.2) is 0 Å². The molecule has 0 aliphatic rings. The van der Waals surface area contributed by atoms with Crippen molar-refractivity contribution < 1.29 is 14.7 Å². The molecule has 3 N–H and O–H groups in total. The molecule has 0 unspecified atom stereocenters. The Balaban J connectivity index is 1.63. The third-order valence-electron chi connectivity index (χ3n) is 4.18. The molecule has 0 radical (unpaired) electrons. The minimum absolute atomic E-state index is 0.0396. The van der Waals surface area contributed by atoms with Crippen LogP contribution in [-0.4, -0.2) is 22.6 Å². The number of hydrogen-bond acceptors (Lipinski definition) is 4. The van der Waals surface area contributed by atoms with Crippen LogP contribution in [0.5, 0.6) is 5.75 Å². The van der Waals surface area contributed by atoms with Crippen molar-refractivity contribution in [3.63, 3.8) is 0 Å². The molecule has 3 rings (SSSR count). The lowest BCUT2D eigenvalue weighted by Gasteiger charge is -2.08. The van der Waals surface area contributed by atoms with Gasteiger partial charge in [-0.1, -0.05) is 36.4 Å². The highest BCUT2D eigenvalue weighted by Crippen LogP contribution is 2.24. The zero-order chi connectivity index (χ0) is 20.1. The van der Waals surface area contributed by atoms with Crippen LogP contribution in [0, 0.1) is 6.92 Å². The van der Waals surface area contributed by atoms with Crippen molar-refractivity contribution in [3.8, 4) is 5.75 Å². The minimum Gasteiger partial charge on any atom is -0.507 e. The van der Waals surface area contributed by atoms with E-state index in [9.17, 15) is 14.7 Å².